The van der Waals surface area contributed by atoms with E-state index in [-0.39, 0.29) is 11.0 Å². The van der Waals surface area contributed by atoms with Crippen molar-refractivity contribution in [1.82, 2.24) is 19.7 Å². The van der Waals surface area contributed by atoms with Gasteiger partial charge in [0.2, 0.25) is 0 Å². The zero-order valence-electron chi connectivity index (χ0n) is 16.8. The van der Waals surface area contributed by atoms with Crippen LogP contribution in [-0.2, 0) is 7.05 Å². The van der Waals surface area contributed by atoms with Crippen LogP contribution in [0, 0.1) is 6.92 Å². The highest BCUT2D eigenvalue weighted by Crippen LogP contribution is 2.31. The zero-order chi connectivity index (χ0) is 20.5. The fraction of sp³-hybridized carbons (Fsp3) is 0.227. The molecule has 29 heavy (non-hydrogen) atoms. The van der Waals surface area contributed by atoms with Crippen molar-refractivity contribution in [2.24, 2.45) is 7.05 Å². The Balaban J connectivity index is 1.58. The lowest BCUT2D eigenvalue weighted by Gasteiger charge is -2.10. The maximum absolute atomic E-state index is 13.2. The predicted molar refractivity (Wildman–Crippen MR) is 116 cm³/mol. The third-order valence-corrected chi connectivity index (χ3v) is 6.11. The molecule has 7 heteroatoms. The van der Waals surface area contributed by atoms with Crippen molar-refractivity contribution >= 4 is 28.4 Å². The fourth-order valence-electron chi connectivity index (χ4n) is 3.42. The number of aromatic nitrogens is 4. The van der Waals surface area contributed by atoms with Crippen molar-refractivity contribution in [2.75, 3.05) is 7.11 Å². The molecule has 4 aromatic rings. The number of fused-ring (bicyclic) bond motifs is 1. The van der Waals surface area contributed by atoms with E-state index in [1.165, 1.54) is 11.8 Å². The van der Waals surface area contributed by atoms with Crippen molar-refractivity contribution in [1.29, 1.82) is 0 Å². The monoisotopic (exact) mass is 406 g/mol. The number of nitrogens with one attached hydrogen (secondary N) is 1. The summed E-state index contributed by atoms with van der Waals surface area (Å²) < 4.78 is 7.12. The van der Waals surface area contributed by atoms with Crippen molar-refractivity contribution in [3.8, 4) is 17.1 Å². The maximum Gasteiger partial charge on any atom is 0.191 e. The van der Waals surface area contributed by atoms with E-state index in [1.54, 1.807) is 7.11 Å². The van der Waals surface area contributed by atoms with Crippen LogP contribution in [0.2, 0.25) is 0 Å². The summed E-state index contributed by atoms with van der Waals surface area (Å²) in [6.45, 7) is 3.85. The number of aryl methyl sites for hydroxylation is 1. The SMILES string of the molecule is COc1ccc(-c2nnc(SC(C)C(=O)c3c(C)[nH]c4ccccc34)n2C)cc1. The van der Waals surface area contributed by atoms with Crippen LogP contribution in [0.5, 0.6) is 5.75 Å². The summed E-state index contributed by atoms with van der Waals surface area (Å²) in [4.78, 5) is 16.5. The Morgan fingerprint density at radius 3 is 2.59 bits per heavy atom. The van der Waals surface area contributed by atoms with Crippen LogP contribution in [-0.4, -0.2) is 37.9 Å². The number of Topliss-reactive ketones (excluding diaryl/α,β-unsaturated/α-hetero) is 1. The number of thioether (sulfide) groups is 1. The molecule has 2 aromatic heterocycles. The molecule has 0 saturated carbocycles. The van der Waals surface area contributed by atoms with Gasteiger partial charge in [0.25, 0.3) is 0 Å². The molecule has 0 aliphatic rings. The third-order valence-electron chi connectivity index (χ3n) is 4.97. The molecule has 0 aliphatic heterocycles. The van der Waals surface area contributed by atoms with Gasteiger partial charge in [-0.1, -0.05) is 30.0 Å². The van der Waals surface area contributed by atoms with Gasteiger partial charge in [-0.25, -0.2) is 0 Å². The van der Waals surface area contributed by atoms with E-state index >= 15 is 0 Å². The number of H-pyrrole nitrogens is 1. The minimum atomic E-state index is -0.292. The first kappa shape index (κ1) is 19.3. The predicted octanol–water partition coefficient (Wildman–Crippen LogP) is 4.64. The van der Waals surface area contributed by atoms with E-state index in [9.17, 15) is 4.79 Å². The molecule has 0 saturated heterocycles. The van der Waals surface area contributed by atoms with Gasteiger partial charge in [0.15, 0.2) is 16.8 Å². The second-order valence-electron chi connectivity index (χ2n) is 6.89. The number of carbonyl (C=O) groups excluding carboxylic acids is 1. The van der Waals surface area contributed by atoms with E-state index < -0.39 is 0 Å². The van der Waals surface area contributed by atoms with Crippen LogP contribution in [0.3, 0.4) is 0 Å². The first-order valence-corrected chi connectivity index (χ1v) is 10.2. The summed E-state index contributed by atoms with van der Waals surface area (Å²) in [7, 11) is 3.55. The van der Waals surface area contributed by atoms with Crippen LogP contribution in [0.4, 0.5) is 0 Å². The lowest BCUT2D eigenvalue weighted by atomic mass is 10.1. The van der Waals surface area contributed by atoms with E-state index in [2.05, 4.69) is 15.2 Å². The molecular weight excluding hydrogens is 384 g/mol. The molecule has 0 amide bonds. The summed E-state index contributed by atoms with van der Waals surface area (Å²) in [5, 5.41) is 9.99. The number of ether oxygens (including phenoxy) is 1. The summed E-state index contributed by atoms with van der Waals surface area (Å²) >= 11 is 1.42. The van der Waals surface area contributed by atoms with Crippen molar-refractivity contribution in [3.63, 3.8) is 0 Å². The fourth-order valence-corrected chi connectivity index (χ4v) is 4.29. The first-order chi connectivity index (χ1) is 14.0. The van der Waals surface area contributed by atoms with Gasteiger partial charge in [-0.05, 0) is 44.2 Å². The number of carbonyl (C=O) groups is 1. The number of benzene rings is 2. The average molecular weight is 407 g/mol. The van der Waals surface area contributed by atoms with Gasteiger partial charge >= 0.3 is 0 Å². The van der Waals surface area contributed by atoms with Crippen LogP contribution in [0.25, 0.3) is 22.3 Å². The zero-order valence-corrected chi connectivity index (χ0v) is 17.6. The summed E-state index contributed by atoms with van der Waals surface area (Å²) in [5.41, 5.74) is 3.56. The summed E-state index contributed by atoms with van der Waals surface area (Å²) in [5.74, 6) is 1.62. The molecule has 0 spiro atoms. The van der Waals surface area contributed by atoms with Gasteiger partial charge in [-0.2, -0.15) is 0 Å². The Hall–Kier alpha value is -3.06. The van der Waals surface area contributed by atoms with E-state index in [0.717, 1.165) is 39.3 Å². The van der Waals surface area contributed by atoms with Crippen LogP contribution in [0.1, 0.15) is 23.0 Å². The number of aromatic amines is 1. The van der Waals surface area contributed by atoms with Crippen molar-refractivity contribution in [3.05, 3.63) is 59.8 Å². The smallest absolute Gasteiger partial charge is 0.191 e. The third kappa shape index (κ3) is 3.53. The summed E-state index contributed by atoms with van der Waals surface area (Å²) in [6.07, 6.45) is 0. The standard InChI is InChI=1S/C22H22N4O2S/c1-13-19(17-7-5-6-8-18(17)23-13)20(27)14(2)29-22-25-24-21(26(22)3)15-9-11-16(28-4)12-10-15/h5-12,14,23H,1-4H3. The minimum absolute atomic E-state index is 0.0824. The lowest BCUT2D eigenvalue weighted by molar-refractivity contribution is 0.0995. The molecule has 1 N–H and O–H groups in total. The van der Waals surface area contributed by atoms with E-state index in [0.29, 0.717) is 5.16 Å². The molecule has 148 valence electrons. The molecule has 1 atom stereocenters. The molecule has 1 unspecified atom stereocenters. The van der Waals surface area contributed by atoms with Gasteiger partial charge in [0.1, 0.15) is 5.75 Å². The number of nitrogens with zero attached hydrogens (tertiary/aromatic N) is 3. The molecule has 0 bridgehead atoms. The molecule has 2 heterocycles. The van der Waals surface area contributed by atoms with Gasteiger partial charge in [0.05, 0.1) is 12.4 Å². The Morgan fingerprint density at radius 1 is 1.14 bits per heavy atom. The highest BCUT2D eigenvalue weighted by atomic mass is 32.2. The second kappa shape index (κ2) is 7.75. The van der Waals surface area contributed by atoms with Gasteiger partial charge in [-0.3, -0.25) is 4.79 Å². The van der Waals surface area contributed by atoms with Crippen LogP contribution >= 0.6 is 11.8 Å². The van der Waals surface area contributed by atoms with Crippen LogP contribution in [0.15, 0.2) is 53.7 Å². The Kier molecular flexibility index (Phi) is 5.15. The number of para-hydroxylation sites is 1. The second-order valence-corrected chi connectivity index (χ2v) is 8.20. The van der Waals surface area contributed by atoms with Gasteiger partial charge in [-0.15, -0.1) is 10.2 Å². The minimum Gasteiger partial charge on any atom is -0.497 e. The Bertz CT molecular complexity index is 1180. The lowest BCUT2D eigenvalue weighted by Crippen LogP contribution is -2.15. The normalized spacial score (nSPS) is 12.3. The maximum atomic E-state index is 13.2. The quantitative estimate of drug-likeness (QED) is 0.373. The number of rotatable bonds is 6. The van der Waals surface area contributed by atoms with Crippen molar-refractivity contribution in [2.45, 2.75) is 24.3 Å². The number of ketones is 1. The molecular formula is C22H22N4O2S. The Morgan fingerprint density at radius 2 is 1.86 bits per heavy atom. The molecule has 0 radical (unpaired) electrons. The van der Waals surface area contributed by atoms with E-state index in [4.69, 9.17) is 4.74 Å². The number of methoxy groups -OCH3 is 1. The highest BCUT2D eigenvalue weighted by Gasteiger charge is 2.24. The first-order valence-electron chi connectivity index (χ1n) is 9.31. The summed E-state index contributed by atoms with van der Waals surface area (Å²) in [6, 6.07) is 15.6. The Labute approximate surface area is 173 Å². The molecule has 4 rings (SSSR count). The molecule has 6 nitrogen and oxygen atoms in total. The largest absolute Gasteiger partial charge is 0.497 e. The van der Waals surface area contributed by atoms with Gasteiger partial charge in [0, 0.05) is 34.8 Å². The topological polar surface area (TPSA) is 72.8 Å². The highest BCUT2D eigenvalue weighted by molar-refractivity contribution is 8.00. The molecule has 2 aromatic carbocycles. The van der Waals surface area contributed by atoms with Gasteiger partial charge < -0.3 is 14.3 Å². The number of hydrogen-bond acceptors (Lipinski definition) is 5. The number of hydrogen-bond donors (Lipinski definition) is 1. The van der Waals surface area contributed by atoms with Crippen LogP contribution < -0.4 is 4.74 Å². The molecule has 0 aliphatic carbocycles. The van der Waals surface area contributed by atoms with E-state index in [1.807, 2.05) is 74.0 Å². The molecule has 0 fully saturated rings. The van der Waals surface area contributed by atoms with Crippen molar-refractivity contribution < 1.29 is 9.53 Å². The average Bonchev–Trinajstić information content (AvgIpc) is 3.26.